The number of methoxy groups -OCH3 is 1. The van der Waals surface area contributed by atoms with Crippen LogP contribution < -0.4 is 9.47 Å². The fourth-order valence-corrected chi connectivity index (χ4v) is 3.58. The molecule has 0 spiro atoms. The van der Waals surface area contributed by atoms with Crippen LogP contribution in [0.5, 0.6) is 17.2 Å². The van der Waals surface area contributed by atoms with Gasteiger partial charge in [0.25, 0.3) is 0 Å². The van der Waals surface area contributed by atoms with Gasteiger partial charge >= 0.3 is 0 Å². The van der Waals surface area contributed by atoms with E-state index < -0.39 is 0 Å². The molecule has 2 rings (SSSR count). The van der Waals surface area contributed by atoms with Gasteiger partial charge in [-0.3, -0.25) is 4.79 Å². The summed E-state index contributed by atoms with van der Waals surface area (Å²) in [4.78, 5) is 10.9. The number of rotatable bonds is 4. The Labute approximate surface area is 153 Å². The third-order valence-electron chi connectivity index (χ3n) is 3.36. The highest BCUT2D eigenvalue weighted by Gasteiger charge is 2.20. The van der Waals surface area contributed by atoms with Gasteiger partial charge < -0.3 is 9.47 Å². The monoisotopic (exact) mass is 440 g/mol. The number of carbonyl (C=O) groups excluding carboxylic acids is 1. The van der Waals surface area contributed by atoms with E-state index in [9.17, 15) is 4.79 Å². The van der Waals surface area contributed by atoms with Gasteiger partial charge in [-0.25, -0.2) is 0 Å². The van der Waals surface area contributed by atoms with Crippen molar-refractivity contribution in [3.05, 3.63) is 50.4 Å². The van der Waals surface area contributed by atoms with E-state index in [1.807, 2.05) is 18.2 Å². The molecular formula is C18H18Br2O3. The van der Waals surface area contributed by atoms with Crippen molar-refractivity contribution in [1.82, 2.24) is 0 Å². The molecule has 122 valence electrons. The Kier molecular flexibility index (Phi) is 5.53. The molecule has 0 aliphatic heterocycles. The molecule has 0 saturated heterocycles. The van der Waals surface area contributed by atoms with E-state index in [-0.39, 0.29) is 5.41 Å². The highest BCUT2D eigenvalue weighted by atomic mass is 79.9. The van der Waals surface area contributed by atoms with Crippen molar-refractivity contribution in [3.63, 3.8) is 0 Å². The van der Waals surface area contributed by atoms with Crippen molar-refractivity contribution >= 4 is 38.1 Å². The maximum Gasteiger partial charge on any atom is 0.155 e. The predicted octanol–water partition coefficient (Wildman–Crippen LogP) is 6.12. The summed E-state index contributed by atoms with van der Waals surface area (Å²) in [6.45, 7) is 6.37. The number of benzene rings is 2. The van der Waals surface area contributed by atoms with Gasteiger partial charge in [-0.2, -0.15) is 0 Å². The number of hydrogen-bond acceptors (Lipinski definition) is 3. The van der Waals surface area contributed by atoms with Crippen LogP contribution in [0.1, 0.15) is 36.7 Å². The summed E-state index contributed by atoms with van der Waals surface area (Å²) in [7, 11) is 1.66. The van der Waals surface area contributed by atoms with Crippen molar-refractivity contribution < 1.29 is 14.3 Å². The molecule has 0 aliphatic carbocycles. The van der Waals surface area contributed by atoms with Crippen LogP contribution >= 0.6 is 31.9 Å². The Balaban J connectivity index is 2.44. The molecule has 0 bridgehead atoms. The van der Waals surface area contributed by atoms with Crippen LogP contribution in [0.25, 0.3) is 0 Å². The molecule has 3 nitrogen and oxygen atoms in total. The average molecular weight is 442 g/mol. The molecule has 0 aliphatic rings. The van der Waals surface area contributed by atoms with Crippen molar-refractivity contribution in [1.29, 1.82) is 0 Å². The van der Waals surface area contributed by atoms with Gasteiger partial charge in [-0.05, 0) is 67.6 Å². The van der Waals surface area contributed by atoms with Gasteiger partial charge in [0.05, 0.1) is 16.1 Å². The first-order chi connectivity index (χ1) is 10.8. The van der Waals surface area contributed by atoms with Crippen molar-refractivity contribution in [2.75, 3.05) is 7.11 Å². The molecule has 0 heterocycles. The van der Waals surface area contributed by atoms with Gasteiger partial charge in [0.15, 0.2) is 5.75 Å². The van der Waals surface area contributed by atoms with Crippen LogP contribution in [0.4, 0.5) is 0 Å². The topological polar surface area (TPSA) is 35.5 Å². The molecule has 0 fully saturated rings. The summed E-state index contributed by atoms with van der Waals surface area (Å²) in [6, 6.07) is 9.19. The third kappa shape index (κ3) is 4.15. The summed E-state index contributed by atoms with van der Waals surface area (Å²) in [6.07, 6.45) is 0.796. The first-order valence-corrected chi connectivity index (χ1v) is 8.65. The van der Waals surface area contributed by atoms with Crippen LogP contribution in [-0.4, -0.2) is 13.4 Å². The number of aldehydes is 1. The first-order valence-electron chi connectivity index (χ1n) is 7.07. The zero-order valence-corrected chi connectivity index (χ0v) is 16.6. The Morgan fingerprint density at radius 2 is 1.65 bits per heavy atom. The van der Waals surface area contributed by atoms with E-state index in [1.54, 1.807) is 19.2 Å². The summed E-state index contributed by atoms with van der Waals surface area (Å²) < 4.78 is 12.9. The van der Waals surface area contributed by atoms with E-state index in [4.69, 9.17) is 9.47 Å². The van der Waals surface area contributed by atoms with Gasteiger partial charge in [0, 0.05) is 11.1 Å². The van der Waals surface area contributed by atoms with Gasteiger partial charge in [0.2, 0.25) is 0 Å². The Morgan fingerprint density at radius 3 is 2.13 bits per heavy atom. The summed E-state index contributed by atoms with van der Waals surface area (Å²) in [5.41, 5.74) is 1.57. The maximum absolute atomic E-state index is 10.9. The predicted molar refractivity (Wildman–Crippen MR) is 99.0 cm³/mol. The summed E-state index contributed by atoms with van der Waals surface area (Å²) in [5.74, 6) is 2.16. The fraction of sp³-hybridized carbons (Fsp3) is 0.278. The second-order valence-electron chi connectivity index (χ2n) is 6.15. The molecule has 0 aromatic heterocycles. The van der Waals surface area contributed by atoms with E-state index in [2.05, 4.69) is 52.6 Å². The van der Waals surface area contributed by atoms with E-state index in [1.165, 1.54) is 0 Å². The molecule has 0 unspecified atom stereocenters. The summed E-state index contributed by atoms with van der Waals surface area (Å²) in [5, 5.41) is 0. The standard InChI is InChI=1S/C18H18Br2O3/c1-18(2,3)13-9-12(5-6-16(13)22-4)23-17-14(19)7-11(10-21)8-15(17)20/h5-10H,1-4H3. The zero-order chi connectivity index (χ0) is 17.2. The lowest BCUT2D eigenvalue weighted by molar-refractivity contribution is 0.112. The molecule has 23 heavy (non-hydrogen) atoms. The SMILES string of the molecule is COc1ccc(Oc2c(Br)cc(C=O)cc2Br)cc1C(C)(C)C. The molecule has 5 heteroatoms. The van der Waals surface area contributed by atoms with Crippen LogP contribution in [0.15, 0.2) is 39.3 Å². The molecule has 2 aromatic rings. The van der Waals surface area contributed by atoms with Crippen molar-refractivity contribution in [3.8, 4) is 17.2 Å². The van der Waals surface area contributed by atoms with Crippen LogP contribution in [-0.2, 0) is 5.41 Å². The molecule has 0 amide bonds. The normalized spacial score (nSPS) is 11.2. The summed E-state index contributed by atoms with van der Waals surface area (Å²) >= 11 is 6.89. The van der Waals surface area contributed by atoms with Gasteiger partial charge in [-0.15, -0.1) is 0 Å². The van der Waals surface area contributed by atoms with Crippen LogP contribution in [0.3, 0.4) is 0 Å². The number of hydrogen-bond donors (Lipinski definition) is 0. The second kappa shape index (κ2) is 7.05. The van der Waals surface area contributed by atoms with E-state index in [0.29, 0.717) is 26.0 Å². The lowest BCUT2D eigenvalue weighted by Gasteiger charge is -2.23. The first kappa shape index (κ1) is 18.0. The lowest BCUT2D eigenvalue weighted by atomic mass is 9.86. The van der Waals surface area contributed by atoms with Crippen LogP contribution in [0.2, 0.25) is 0 Å². The minimum absolute atomic E-state index is 0.0689. The second-order valence-corrected chi connectivity index (χ2v) is 7.85. The minimum Gasteiger partial charge on any atom is -0.496 e. The van der Waals surface area contributed by atoms with E-state index >= 15 is 0 Å². The molecule has 0 atom stereocenters. The molecule has 0 N–H and O–H groups in total. The molecule has 2 aromatic carbocycles. The van der Waals surface area contributed by atoms with Crippen molar-refractivity contribution in [2.24, 2.45) is 0 Å². The van der Waals surface area contributed by atoms with Crippen LogP contribution in [0, 0.1) is 0 Å². The van der Waals surface area contributed by atoms with Gasteiger partial charge in [0.1, 0.15) is 17.8 Å². The molecule has 0 radical (unpaired) electrons. The third-order valence-corrected chi connectivity index (χ3v) is 4.53. The zero-order valence-electron chi connectivity index (χ0n) is 13.4. The maximum atomic E-state index is 10.9. The largest absolute Gasteiger partial charge is 0.496 e. The lowest BCUT2D eigenvalue weighted by Crippen LogP contribution is -2.12. The number of carbonyl (C=O) groups is 1. The number of halogens is 2. The number of ether oxygens (including phenoxy) is 2. The highest BCUT2D eigenvalue weighted by molar-refractivity contribution is 9.11. The Hall–Kier alpha value is -1.33. The fourth-order valence-electron chi connectivity index (χ4n) is 2.20. The minimum atomic E-state index is -0.0689. The Bertz CT molecular complexity index is 711. The highest BCUT2D eigenvalue weighted by Crippen LogP contribution is 2.40. The van der Waals surface area contributed by atoms with Gasteiger partial charge in [-0.1, -0.05) is 20.8 Å². The molecular weight excluding hydrogens is 424 g/mol. The van der Waals surface area contributed by atoms with E-state index in [0.717, 1.165) is 17.6 Å². The molecule has 0 saturated carbocycles. The smallest absolute Gasteiger partial charge is 0.155 e. The van der Waals surface area contributed by atoms with Crippen molar-refractivity contribution in [2.45, 2.75) is 26.2 Å². The Morgan fingerprint density at radius 1 is 1.04 bits per heavy atom. The average Bonchev–Trinajstić information content (AvgIpc) is 2.49. The quantitative estimate of drug-likeness (QED) is 0.536.